The quantitative estimate of drug-likeness (QED) is 0.751. The van der Waals surface area contributed by atoms with Gasteiger partial charge in [0, 0.05) is 43.0 Å². The van der Waals surface area contributed by atoms with Gasteiger partial charge in [-0.3, -0.25) is 15.2 Å². The number of aromatic nitrogens is 1. The van der Waals surface area contributed by atoms with Crippen molar-refractivity contribution in [2.75, 3.05) is 13.1 Å². The second-order valence-corrected chi connectivity index (χ2v) is 8.05. The van der Waals surface area contributed by atoms with Crippen molar-refractivity contribution in [1.29, 1.82) is 0 Å². The highest BCUT2D eigenvalue weighted by Crippen LogP contribution is 2.36. The van der Waals surface area contributed by atoms with Gasteiger partial charge in [0.1, 0.15) is 6.04 Å². The topological polar surface area (TPSA) is 77.5 Å². The highest BCUT2D eigenvalue weighted by atomic mass is 16.3. The van der Waals surface area contributed by atoms with Crippen LogP contribution in [0.15, 0.2) is 24.5 Å². The van der Waals surface area contributed by atoms with E-state index in [4.69, 9.17) is 0 Å². The number of piperidine rings is 1. The van der Waals surface area contributed by atoms with Gasteiger partial charge in [0.05, 0.1) is 5.60 Å². The lowest BCUT2D eigenvalue weighted by atomic mass is 9.76. The highest BCUT2D eigenvalue weighted by Gasteiger charge is 2.45. The van der Waals surface area contributed by atoms with Crippen LogP contribution >= 0.6 is 0 Å². The van der Waals surface area contributed by atoms with Gasteiger partial charge in [-0.05, 0) is 44.1 Å². The molecule has 0 bridgehead atoms. The Morgan fingerprint density at radius 1 is 1.32 bits per heavy atom. The number of amides is 1. The first-order chi connectivity index (χ1) is 12.1. The van der Waals surface area contributed by atoms with Crippen molar-refractivity contribution >= 4 is 5.91 Å². The van der Waals surface area contributed by atoms with E-state index in [9.17, 15) is 9.90 Å². The summed E-state index contributed by atoms with van der Waals surface area (Å²) in [6, 6.07) is 4.06. The fourth-order valence-electron chi connectivity index (χ4n) is 4.74. The predicted octanol–water partition coefficient (Wildman–Crippen LogP) is 1.17. The Bertz CT molecular complexity index is 615. The first-order valence-corrected chi connectivity index (χ1v) is 9.49. The third kappa shape index (κ3) is 3.18. The van der Waals surface area contributed by atoms with Gasteiger partial charge in [-0.25, -0.2) is 5.43 Å². The first kappa shape index (κ1) is 16.9. The molecule has 1 aromatic heterocycles. The maximum Gasteiger partial charge on any atom is 0.241 e. The summed E-state index contributed by atoms with van der Waals surface area (Å²) < 4.78 is 0. The molecular weight excluding hydrogens is 316 g/mol. The minimum atomic E-state index is -0.867. The van der Waals surface area contributed by atoms with Gasteiger partial charge in [0.15, 0.2) is 0 Å². The Morgan fingerprint density at radius 3 is 2.84 bits per heavy atom. The van der Waals surface area contributed by atoms with Crippen molar-refractivity contribution < 1.29 is 9.90 Å². The average molecular weight is 344 g/mol. The summed E-state index contributed by atoms with van der Waals surface area (Å²) in [6.45, 7) is 3.47. The number of hydrazine groups is 1. The van der Waals surface area contributed by atoms with Crippen LogP contribution in [-0.2, 0) is 10.4 Å². The number of aliphatic hydroxyl groups is 1. The fraction of sp³-hybridized carbons (Fsp3) is 0.684. The predicted molar refractivity (Wildman–Crippen MR) is 94.3 cm³/mol. The third-order valence-corrected chi connectivity index (χ3v) is 6.38. The van der Waals surface area contributed by atoms with E-state index in [1.807, 2.05) is 17.0 Å². The number of pyridine rings is 1. The number of hydrogen-bond acceptors (Lipinski definition) is 5. The molecule has 1 saturated carbocycles. The van der Waals surface area contributed by atoms with E-state index in [1.54, 1.807) is 12.4 Å². The van der Waals surface area contributed by atoms with E-state index in [0.29, 0.717) is 43.8 Å². The lowest BCUT2D eigenvalue weighted by Crippen LogP contribution is -2.52. The van der Waals surface area contributed by atoms with Crippen molar-refractivity contribution in [1.82, 2.24) is 20.7 Å². The van der Waals surface area contributed by atoms with Gasteiger partial charge in [0.2, 0.25) is 5.91 Å². The number of carbonyl (C=O) groups excluding carboxylic acids is 1. The zero-order valence-corrected chi connectivity index (χ0v) is 14.8. The number of likely N-dealkylation sites (tertiary alicyclic amines) is 1. The number of fused-ring (bicyclic) bond motifs is 1. The van der Waals surface area contributed by atoms with Crippen molar-refractivity contribution in [2.24, 2.45) is 11.8 Å². The average Bonchev–Trinajstić information content (AvgIpc) is 3.05. The molecule has 0 spiro atoms. The summed E-state index contributed by atoms with van der Waals surface area (Å²) in [5.74, 6) is 1.26. The Balaban J connectivity index is 1.40. The largest absolute Gasteiger partial charge is 0.385 e. The Hall–Kier alpha value is -1.50. The van der Waals surface area contributed by atoms with Gasteiger partial charge in [-0.1, -0.05) is 13.0 Å². The van der Waals surface area contributed by atoms with Crippen LogP contribution in [0.5, 0.6) is 0 Å². The summed E-state index contributed by atoms with van der Waals surface area (Å²) in [6.07, 6.45) is 8.06. The molecule has 6 heteroatoms. The summed E-state index contributed by atoms with van der Waals surface area (Å²) in [5.41, 5.74) is 6.58. The number of hydrogen-bond donors (Lipinski definition) is 3. The van der Waals surface area contributed by atoms with E-state index in [2.05, 4.69) is 22.8 Å². The molecule has 3 heterocycles. The molecule has 4 rings (SSSR count). The lowest BCUT2D eigenvalue weighted by Gasteiger charge is -2.40. The second-order valence-electron chi connectivity index (χ2n) is 8.05. The van der Waals surface area contributed by atoms with Crippen molar-refractivity contribution in [3.63, 3.8) is 0 Å². The molecule has 3 aliphatic rings. The molecule has 136 valence electrons. The van der Waals surface area contributed by atoms with Crippen molar-refractivity contribution in [3.05, 3.63) is 30.1 Å². The molecule has 4 atom stereocenters. The van der Waals surface area contributed by atoms with Gasteiger partial charge in [-0.2, -0.15) is 0 Å². The standard InChI is InChI=1S/C19H28N4O2/c1-13-4-5-16-15(11-13)17(22-21-16)18(24)23-9-6-19(25,7-10-23)14-3-2-8-20-12-14/h2-3,8,12-13,15-17,21-22,25H,4-7,9-11H2,1H3. The molecule has 0 radical (unpaired) electrons. The van der Waals surface area contributed by atoms with Crippen molar-refractivity contribution in [3.8, 4) is 0 Å². The molecule has 3 N–H and O–H groups in total. The van der Waals surface area contributed by atoms with E-state index >= 15 is 0 Å². The number of nitrogens with one attached hydrogen (secondary N) is 2. The minimum Gasteiger partial charge on any atom is -0.385 e. The minimum absolute atomic E-state index is 0.127. The van der Waals surface area contributed by atoms with Crippen LogP contribution in [0.4, 0.5) is 0 Å². The maximum atomic E-state index is 13.0. The van der Waals surface area contributed by atoms with E-state index in [-0.39, 0.29) is 11.9 Å². The van der Waals surface area contributed by atoms with Crippen LogP contribution in [0, 0.1) is 11.8 Å². The summed E-state index contributed by atoms with van der Waals surface area (Å²) in [4.78, 5) is 19.1. The normalized spacial score (nSPS) is 34.6. The Kier molecular flexibility index (Phi) is 4.52. The zero-order valence-electron chi connectivity index (χ0n) is 14.8. The molecule has 6 nitrogen and oxygen atoms in total. The number of carbonyl (C=O) groups is 1. The van der Waals surface area contributed by atoms with Crippen LogP contribution in [-0.4, -0.2) is 46.1 Å². The second kappa shape index (κ2) is 6.67. The van der Waals surface area contributed by atoms with Crippen LogP contribution < -0.4 is 10.9 Å². The van der Waals surface area contributed by atoms with Gasteiger partial charge in [0.25, 0.3) is 0 Å². The fourth-order valence-corrected chi connectivity index (χ4v) is 4.74. The van der Waals surface area contributed by atoms with Crippen molar-refractivity contribution in [2.45, 2.75) is 56.7 Å². The van der Waals surface area contributed by atoms with Crippen LogP contribution in [0.25, 0.3) is 0 Å². The molecular formula is C19H28N4O2. The number of rotatable bonds is 2. The van der Waals surface area contributed by atoms with Gasteiger partial charge in [-0.15, -0.1) is 0 Å². The molecule has 0 aromatic carbocycles. The zero-order chi connectivity index (χ0) is 17.4. The van der Waals surface area contributed by atoms with Crippen LogP contribution in [0.2, 0.25) is 0 Å². The molecule has 2 saturated heterocycles. The van der Waals surface area contributed by atoms with Crippen LogP contribution in [0.1, 0.15) is 44.6 Å². The summed E-state index contributed by atoms with van der Waals surface area (Å²) in [5, 5.41) is 10.9. The van der Waals surface area contributed by atoms with Crippen LogP contribution in [0.3, 0.4) is 0 Å². The molecule has 1 amide bonds. The molecule has 1 aromatic rings. The summed E-state index contributed by atoms with van der Waals surface area (Å²) in [7, 11) is 0. The van der Waals surface area contributed by atoms with E-state index in [0.717, 1.165) is 18.4 Å². The third-order valence-electron chi connectivity index (χ3n) is 6.38. The first-order valence-electron chi connectivity index (χ1n) is 9.49. The molecule has 2 aliphatic heterocycles. The molecule has 4 unspecified atom stereocenters. The van der Waals surface area contributed by atoms with E-state index in [1.165, 1.54) is 6.42 Å². The van der Waals surface area contributed by atoms with Gasteiger partial charge < -0.3 is 10.0 Å². The smallest absolute Gasteiger partial charge is 0.241 e. The van der Waals surface area contributed by atoms with Gasteiger partial charge >= 0.3 is 0 Å². The SMILES string of the molecule is CC1CCC2NNC(C(=O)N3CCC(O)(c4cccnc4)CC3)C2C1. The van der Waals surface area contributed by atoms with E-state index < -0.39 is 5.60 Å². The lowest BCUT2D eigenvalue weighted by molar-refractivity contribution is -0.139. The molecule has 25 heavy (non-hydrogen) atoms. The Labute approximate surface area is 149 Å². The summed E-state index contributed by atoms with van der Waals surface area (Å²) >= 11 is 0. The monoisotopic (exact) mass is 344 g/mol. The highest BCUT2D eigenvalue weighted by molar-refractivity contribution is 5.82. The maximum absolute atomic E-state index is 13.0. The number of nitrogens with zero attached hydrogens (tertiary/aromatic N) is 2. The molecule has 3 fully saturated rings. The Morgan fingerprint density at radius 2 is 2.12 bits per heavy atom. The molecule has 1 aliphatic carbocycles.